The monoisotopic (exact) mass is 179 g/mol. The molecule has 0 aliphatic heterocycles. The summed E-state index contributed by atoms with van der Waals surface area (Å²) in [6, 6.07) is 0. The molecule has 1 rings (SSSR count). The van der Waals surface area contributed by atoms with Crippen molar-refractivity contribution < 1.29 is 4.79 Å². The molecule has 0 bridgehead atoms. The molecular formula is C11H17NO. The Morgan fingerprint density at radius 1 is 1.69 bits per heavy atom. The molecule has 2 atom stereocenters. The smallest absolute Gasteiger partial charge is 0.226 e. The summed E-state index contributed by atoms with van der Waals surface area (Å²) >= 11 is 0. The van der Waals surface area contributed by atoms with Gasteiger partial charge in [-0.2, -0.15) is 0 Å². The Labute approximate surface area is 80.3 Å². The molecular weight excluding hydrogens is 162 g/mol. The van der Waals surface area contributed by atoms with Gasteiger partial charge in [-0.1, -0.05) is 19.8 Å². The van der Waals surface area contributed by atoms with Gasteiger partial charge in [-0.15, -0.1) is 6.42 Å². The number of nitrogens with zero attached hydrogens (tertiary/aromatic N) is 1. The van der Waals surface area contributed by atoms with E-state index in [0.717, 1.165) is 19.4 Å². The number of hydrogen-bond acceptors (Lipinski definition) is 1. The summed E-state index contributed by atoms with van der Waals surface area (Å²) in [7, 11) is 0. The van der Waals surface area contributed by atoms with E-state index in [1.807, 2.05) is 0 Å². The largest absolute Gasteiger partial charge is 0.331 e. The van der Waals surface area contributed by atoms with Crippen molar-refractivity contribution in [3.8, 4) is 12.3 Å². The molecule has 0 radical (unpaired) electrons. The van der Waals surface area contributed by atoms with Crippen molar-refractivity contribution in [2.45, 2.75) is 26.7 Å². The lowest BCUT2D eigenvalue weighted by atomic mass is 10.2. The molecule has 1 fully saturated rings. The zero-order valence-electron chi connectivity index (χ0n) is 8.42. The van der Waals surface area contributed by atoms with Gasteiger partial charge in [-0.25, -0.2) is 0 Å². The van der Waals surface area contributed by atoms with E-state index in [0.29, 0.717) is 12.5 Å². The minimum absolute atomic E-state index is 0.257. The molecule has 0 heterocycles. The summed E-state index contributed by atoms with van der Waals surface area (Å²) in [5, 5.41) is 0. The highest BCUT2D eigenvalue weighted by Gasteiger charge is 2.40. The van der Waals surface area contributed by atoms with Crippen LogP contribution in [0.25, 0.3) is 0 Å². The molecule has 2 heteroatoms. The van der Waals surface area contributed by atoms with Crippen molar-refractivity contribution in [1.82, 2.24) is 4.90 Å². The van der Waals surface area contributed by atoms with Crippen LogP contribution >= 0.6 is 0 Å². The van der Waals surface area contributed by atoms with Crippen LogP contribution in [0, 0.1) is 24.2 Å². The van der Waals surface area contributed by atoms with Gasteiger partial charge in [0.25, 0.3) is 0 Å². The summed E-state index contributed by atoms with van der Waals surface area (Å²) in [4.78, 5) is 13.5. The van der Waals surface area contributed by atoms with E-state index in [1.165, 1.54) is 0 Å². The molecule has 0 spiro atoms. The van der Waals surface area contributed by atoms with Gasteiger partial charge in [-0.05, 0) is 18.8 Å². The van der Waals surface area contributed by atoms with Gasteiger partial charge in [-0.3, -0.25) is 4.79 Å². The first-order valence-electron chi connectivity index (χ1n) is 4.93. The number of terminal acetylenes is 1. The van der Waals surface area contributed by atoms with Crippen LogP contribution in [0.2, 0.25) is 0 Å². The summed E-state index contributed by atoms with van der Waals surface area (Å²) in [6.07, 6.45) is 7.23. The third-order valence-corrected chi connectivity index (χ3v) is 2.51. The molecule has 72 valence electrons. The normalized spacial score (nSPS) is 25.0. The maximum Gasteiger partial charge on any atom is 0.226 e. The predicted molar refractivity (Wildman–Crippen MR) is 53.0 cm³/mol. The molecule has 0 aromatic heterocycles. The fourth-order valence-corrected chi connectivity index (χ4v) is 1.55. The lowest BCUT2D eigenvalue weighted by Crippen LogP contribution is -2.33. The van der Waals surface area contributed by atoms with Gasteiger partial charge in [0.2, 0.25) is 5.91 Å². The van der Waals surface area contributed by atoms with Crippen molar-refractivity contribution in [1.29, 1.82) is 0 Å². The van der Waals surface area contributed by atoms with Gasteiger partial charge in [0.1, 0.15) is 0 Å². The van der Waals surface area contributed by atoms with E-state index in [9.17, 15) is 4.79 Å². The third kappa shape index (κ3) is 2.48. The Bertz CT molecular complexity index is 229. The lowest BCUT2D eigenvalue weighted by molar-refractivity contribution is -0.132. The molecule has 2 nitrogen and oxygen atoms in total. The van der Waals surface area contributed by atoms with Crippen molar-refractivity contribution in [3.05, 3.63) is 0 Å². The maximum absolute atomic E-state index is 11.7. The van der Waals surface area contributed by atoms with Crippen LogP contribution in [0.3, 0.4) is 0 Å². The van der Waals surface area contributed by atoms with Gasteiger partial charge >= 0.3 is 0 Å². The lowest BCUT2D eigenvalue weighted by Gasteiger charge is -2.19. The van der Waals surface area contributed by atoms with Crippen LogP contribution < -0.4 is 0 Å². The van der Waals surface area contributed by atoms with Crippen LogP contribution in [0.1, 0.15) is 26.7 Å². The predicted octanol–water partition coefficient (Wildman–Crippen LogP) is 1.51. The molecule has 13 heavy (non-hydrogen) atoms. The Hall–Kier alpha value is -0.970. The summed E-state index contributed by atoms with van der Waals surface area (Å²) in [6.45, 7) is 5.44. The first-order chi connectivity index (χ1) is 6.20. The topological polar surface area (TPSA) is 20.3 Å². The number of rotatable bonds is 4. The Morgan fingerprint density at radius 3 is 2.69 bits per heavy atom. The summed E-state index contributed by atoms with van der Waals surface area (Å²) < 4.78 is 0. The maximum atomic E-state index is 11.7. The van der Waals surface area contributed by atoms with E-state index < -0.39 is 0 Å². The van der Waals surface area contributed by atoms with E-state index in [-0.39, 0.29) is 11.8 Å². The van der Waals surface area contributed by atoms with Gasteiger partial charge in [0, 0.05) is 12.5 Å². The second-order valence-corrected chi connectivity index (χ2v) is 3.78. The van der Waals surface area contributed by atoms with Crippen LogP contribution in [-0.4, -0.2) is 23.9 Å². The minimum atomic E-state index is 0.257. The first kappa shape index (κ1) is 10.1. The number of carbonyl (C=O) groups excluding carboxylic acids is 1. The fraction of sp³-hybridized carbons (Fsp3) is 0.727. The molecule has 0 aromatic rings. The Kier molecular flexibility index (Phi) is 3.36. The second kappa shape index (κ2) is 4.32. The standard InChI is InChI=1S/C11H17NO/c1-4-6-12(7-5-2)11(13)10-8-9(10)3/h1,9-10H,5-8H2,2-3H3. The van der Waals surface area contributed by atoms with Crippen molar-refractivity contribution >= 4 is 5.91 Å². The molecule has 0 N–H and O–H groups in total. The van der Waals surface area contributed by atoms with Crippen LogP contribution in [0.15, 0.2) is 0 Å². The fourth-order valence-electron chi connectivity index (χ4n) is 1.55. The van der Waals surface area contributed by atoms with Crippen LogP contribution in [-0.2, 0) is 4.79 Å². The highest BCUT2D eigenvalue weighted by molar-refractivity contribution is 5.81. The Balaban J connectivity index is 2.44. The quantitative estimate of drug-likeness (QED) is 0.599. The average molecular weight is 179 g/mol. The first-order valence-corrected chi connectivity index (χ1v) is 4.93. The molecule has 1 saturated carbocycles. The average Bonchev–Trinajstić information content (AvgIpc) is 2.81. The molecule has 0 aromatic carbocycles. The molecule has 1 amide bonds. The SMILES string of the molecule is C#CCN(CCC)C(=O)C1CC1C. The van der Waals surface area contributed by atoms with E-state index in [4.69, 9.17) is 6.42 Å². The number of amides is 1. The van der Waals surface area contributed by atoms with Crippen molar-refractivity contribution in [3.63, 3.8) is 0 Å². The van der Waals surface area contributed by atoms with Gasteiger partial charge in [0.15, 0.2) is 0 Å². The number of carbonyl (C=O) groups is 1. The summed E-state index contributed by atoms with van der Waals surface area (Å²) in [5.41, 5.74) is 0. The van der Waals surface area contributed by atoms with Crippen molar-refractivity contribution in [2.24, 2.45) is 11.8 Å². The van der Waals surface area contributed by atoms with Gasteiger partial charge < -0.3 is 4.90 Å². The molecule has 1 aliphatic rings. The van der Waals surface area contributed by atoms with E-state index in [2.05, 4.69) is 19.8 Å². The van der Waals surface area contributed by atoms with Crippen molar-refractivity contribution in [2.75, 3.05) is 13.1 Å². The highest BCUT2D eigenvalue weighted by Crippen LogP contribution is 2.39. The van der Waals surface area contributed by atoms with E-state index >= 15 is 0 Å². The van der Waals surface area contributed by atoms with Crippen LogP contribution in [0.4, 0.5) is 0 Å². The number of hydrogen-bond donors (Lipinski definition) is 0. The summed E-state index contributed by atoms with van der Waals surface area (Å²) in [5.74, 6) is 3.63. The molecule has 0 saturated heterocycles. The molecule has 2 unspecified atom stereocenters. The van der Waals surface area contributed by atoms with Gasteiger partial charge in [0.05, 0.1) is 6.54 Å². The zero-order valence-corrected chi connectivity index (χ0v) is 8.42. The van der Waals surface area contributed by atoms with E-state index in [1.54, 1.807) is 4.90 Å². The third-order valence-electron chi connectivity index (χ3n) is 2.51. The zero-order chi connectivity index (χ0) is 9.84. The minimum Gasteiger partial charge on any atom is -0.331 e. The Morgan fingerprint density at radius 2 is 2.31 bits per heavy atom. The second-order valence-electron chi connectivity index (χ2n) is 3.78. The molecule has 1 aliphatic carbocycles. The highest BCUT2D eigenvalue weighted by atomic mass is 16.2. The van der Waals surface area contributed by atoms with Crippen LogP contribution in [0.5, 0.6) is 0 Å².